The number of hydrogen-bond acceptors (Lipinski definition) is 4. The monoisotopic (exact) mass is 311 g/mol. The Kier molecular flexibility index (Phi) is 4.20. The Morgan fingerprint density at radius 3 is 2.32 bits per heavy atom. The third-order valence-electron chi connectivity index (χ3n) is 3.04. The van der Waals surface area contributed by atoms with Crippen molar-refractivity contribution in [1.29, 1.82) is 0 Å². The molecule has 0 amide bonds. The maximum absolute atomic E-state index is 11.5. The summed E-state index contributed by atoms with van der Waals surface area (Å²) in [6.07, 6.45) is 1.58. The molecule has 1 N–H and O–H groups in total. The number of nitrogens with zero attached hydrogens (tertiary/aromatic N) is 3. The second-order valence-electron chi connectivity index (χ2n) is 4.55. The van der Waals surface area contributed by atoms with Crippen LogP contribution in [0.2, 0.25) is 0 Å². The highest BCUT2D eigenvalue weighted by Crippen LogP contribution is 2.33. The molecular weight excluding hydrogens is 298 g/mol. The number of aromatic nitrogens is 3. The zero-order valence-corrected chi connectivity index (χ0v) is 12.4. The van der Waals surface area contributed by atoms with Crippen molar-refractivity contribution in [3.05, 3.63) is 72.6 Å². The van der Waals surface area contributed by atoms with Crippen LogP contribution in [0, 0.1) is 0 Å². The Bertz CT molecular complexity index is 759. The Balaban J connectivity index is 1.83. The van der Waals surface area contributed by atoms with Crippen LogP contribution in [-0.4, -0.2) is 25.8 Å². The van der Waals surface area contributed by atoms with Gasteiger partial charge in [-0.25, -0.2) is 9.67 Å². The van der Waals surface area contributed by atoms with E-state index in [1.54, 1.807) is 23.1 Å². The van der Waals surface area contributed by atoms with Crippen LogP contribution >= 0.6 is 11.8 Å². The first-order chi connectivity index (χ1) is 10.7. The lowest BCUT2D eigenvalue weighted by Gasteiger charge is -2.09. The van der Waals surface area contributed by atoms with E-state index in [-0.39, 0.29) is 0 Å². The standard InChI is InChI=1S/C16H13N3O2S/c20-15(21)14(12-7-3-1-4-8-12)22-16-17-11-19(18-16)13-9-5-2-6-10-13/h1-11,14H,(H,20,21). The van der Waals surface area contributed by atoms with Crippen LogP contribution in [0.4, 0.5) is 0 Å². The molecule has 0 fully saturated rings. The van der Waals surface area contributed by atoms with Gasteiger partial charge in [0.05, 0.1) is 5.69 Å². The predicted molar refractivity (Wildman–Crippen MR) is 84.0 cm³/mol. The van der Waals surface area contributed by atoms with Gasteiger partial charge >= 0.3 is 5.97 Å². The molecule has 0 spiro atoms. The van der Waals surface area contributed by atoms with E-state index in [9.17, 15) is 9.90 Å². The van der Waals surface area contributed by atoms with E-state index >= 15 is 0 Å². The number of para-hydroxylation sites is 1. The van der Waals surface area contributed by atoms with Crippen molar-refractivity contribution in [2.24, 2.45) is 0 Å². The van der Waals surface area contributed by atoms with Gasteiger partial charge in [0, 0.05) is 0 Å². The van der Waals surface area contributed by atoms with E-state index in [0.29, 0.717) is 5.16 Å². The van der Waals surface area contributed by atoms with Gasteiger partial charge in [0.1, 0.15) is 11.6 Å². The fraction of sp³-hybridized carbons (Fsp3) is 0.0625. The van der Waals surface area contributed by atoms with Crippen molar-refractivity contribution >= 4 is 17.7 Å². The zero-order valence-electron chi connectivity index (χ0n) is 11.5. The van der Waals surface area contributed by atoms with Crippen molar-refractivity contribution in [3.8, 4) is 5.69 Å². The van der Waals surface area contributed by atoms with Gasteiger partial charge in [-0.15, -0.1) is 5.10 Å². The lowest BCUT2D eigenvalue weighted by Crippen LogP contribution is -2.08. The highest BCUT2D eigenvalue weighted by molar-refractivity contribution is 8.00. The average Bonchev–Trinajstić information content (AvgIpc) is 3.03. The molecule has 5 nitrogen and oxygen atoms in total. The van der Waals surface area contributed by atoms with Crippen molar-refractivity contribution in [2.75, 3.05) is 0 Å². The molecule has 1 atom stereocenters. The van der Waals surface area contributed by atoms with Gasteiger partial charge in [-0.3, -0.25) is 4.79 Å². The molecule has 0 aliphatic rings. The molecule has 3 aromatic rings. The molecule has 0 aliphatic heterocycles. The fourth-order valence-electron chi connectivity index (χ4n) is 2.00. The van der Waals surface area contributed by atoms with E-state index in [1.165, 1.54) is 0 Å². The van der Waals surface area contributed by atoms with E-state index in [2.05, 4.69) is 10.1 Å². The van der Waals surface area contributed by atoms with E-state index in [1.807, 2.05) is 48.5 Å². The quantitative estimate of drug-likeness (QED) is 0.733. The second kappa shape index (κ2) is 6.44. The number of carboxylic acid groups (broad SMARTS) is 1. The normalized spacial score (nSPS) is 12.0. The molecule has 22 heavy (non-hydrogen) atoms. The maximum Gasteiger partial charge on any atom is 0.321 e. The third-order valence-corrected chi connectivity index (χ3v) is 4.15. The van der Waals surface area contributed by atoms with Crippen LogP contribution in [0.25, 0.3) is 5.69 Å². The summed E-state index contributed by atoms with van der Waals surface area (Å²) in [5, 5.41) is 13.5. The summed E-state index contributed by atoms with van der Waals surface area (Å²) in [6, 6.07) is 18.6. The minimum atomic E-state index is -0.910. The van der Waals surface area contributed by atoms with Gasteiger partial charge < -0.3 is 5.11 Å². The molecule has 2 aromatic carbocycles. The maximum atomic E-state index is 11.5. The van der Waals surface area contributed by atoms with E-state index < -0.39 is 11.2 Å². The zero-order chi connectivity index (χ0) is 15.4. The number of thioether (sulfide) groups is 1. The minimum absolute atomic E-state index is 0.431. The largest absolute Gasteiger partial charge is 0.480 e. The molecule has 1 heterocycles. The summed E-state index contributed by atoms with van der Waals surface area (Å²) < 4.78 is 1.63. The van der Waals surface area contributed by atoms with E-state index in [4.69, 9.17) is 0 Å². The molecule has 1 aromatic heterocycles. The molecule has 0 aliphatic carbocycles. The molecule has 110 valence electrons. The highest BCUT2D eigenvalue weighted by Gasteiger charge is 2.23. The summed E-state index contributed by atoms with van der Waals surface area (Å²) in [7, 11) is 0. The van der Waals surface area contributed by atoms with Crippen LogP contribution in [0.5, 0.6) is 0 Å². The fourth-order valence-corrected chi connectivity index (χ4v) is 2.85. The second-order valence-corrected chi connectivity index (χ2v) is 5.63. The lowest BCUT2D eigenvalue weighted by atomic mass is 10.1. The van der Waals surface area contributed by atoms with Crippen molar-refractivity contribution in [2.45, 2.75) is 10.4 Å². The first-order valence-corrected chi connectivity index (χ1v) is 7.53. The Labute approximate surface area is 131 Å². The van der Waals surface area contributed by atoms with Crippen molar-refractivity contribution in [3.63, 3.8) is 0 Å². The first-order valence-electron chi connectivity index (χ1n) is 6.65. The molecule has 0 radical (unpaired) electrons. The Morgan fingerprint density at radius 1 is 1.05 bits per heavy atom. The predicted octanol–water partition coefficient (Wildman–Crippen LogP) is 3.19. The van der Waals surface area contributed by atoms with Crippen LogP contribution in [-0.2, 0) is 4.79 Å². The number of benzene rings is 2. The summed E-state index contributed by atoms with van der Waals surface area (Å²) in [4.78, 5) is 15.7. The van der Waals surface area contributed by atoms with E-state index in [0.717, 1.165) is 23.0 Å². The Morgan fingerprint density at radius 2 is 1.68 bits per heavy atom. The first kappa shape index (κ1) is 14.3. The minimum Gasteiger partial charge on any atom is -0.480 e. The molecule has 6 heteroatoms. The number of carboxylic acids is 1. The molecule has 3 rings (SSSR count). The molecule has 1 unspecified atom stereocenters. The summed E-state index contributed by atoms with van der Waals surface area (Å²) in [5.74, 6) is -0.910. The van der Waals surface area contributed by atoms with Gasteiger partial charge in [-0.05, 0) is 17.7 Å². The highest BCUT2D eigenvalue weighted by atomic mass is 32.2. The Hall–Kier alpha value is -2.60. The smallest absolute Gasteiger partial charge is 0.321 e. The third kappa shape index (κ3) is 3.17. The summed E-state index contributed by atoms with van der Waals surface area (Å²) in [6.45, 7) is 0. The van der Waals surface area contributed by atoms with Crippen molar-refractivity contribution in [1.82, 2.24) is 14.8 Å². The SMILES string of the molecule is O=C(O)C(Sc1ncn(-c2ccccc2)n1)c1ccccc1. The van der Waals surface area contributed by atoms with Crippen LogP contribution in [0.3, 0.4) is 0 Å². The number of carbonyl (C=O) groups is 1. The van der Waals surface area contributed by atoms with Gasteiger partial charge in [0.15, 0.2) is 0 Å². The van der Waals surface area contributed by atoms with Gasteiger partial charge in [0.2, 0.25) is 5.16 Å². The number of aliphatic carboxylic acids is 1. The summed E-state index contributed by atoms with van der Waals surface area (Å²) >= 11 is 1.12. The topological polar surface area (TPSA) is 68.0 Å². The lowest BCUT2D eigenvalue weighted by molar-refractivity contribution is -0.136. The van der Waals surface area contributed by atoms with Crippen LogP contribution < -0.4 is 0 Å². The van der Waals surface area contributed by atoms with Gasteiger partial charge in [-0.1, -0.05) is 60.3 Å². The number of hydrogen-bond donors (Lipinski definition) is 1. The van der Waals surface area contributed by atoms with Gasteiger partial charge in [0.25, 0.3) is 0 Å². The molecule has 0 saturated heterocycles. The van der Waals surface area contributed by atoms with Crippen molar-refractivity contribution < 1.29 is 9.90 Å². The average molecular weight is 311 g/mol. The molecule has 0 saturated carbocycles. The van der Waals surface area contributed by atoms with Gasteiger partial charge in [-0.2, -0.15) is 0 Å². The van der Waals surface area contributed by atoms with Crippen LogP contribution in [0.15, 0.2) is 72.1 Å². The number of rotatable bonds is 5. The molecular formula is C16H13N3O2S. The summed E-state index contributed by atoms with van der Waals surface area (Å²) in [5.41, 5.74) is 1.60. The van der Waals surface area contributed by atoms with Crippen LogP contribution in [0.1, 0.15) is 10.8 Å². The molecule has 0 bridgehead atoms.